The molecule has 0 aliphatic carbocycles. The van der Waals surface area contributed by atoms with Gasteiger partial charge in [-0.25, -0.2) is 4.98 Å². The van der Waals surface area contributed by atoms with Crippen molar-refractivity contribution in [3.63, 3.8) is 0 Å². The molecule has 0 unspecified atom stereocenters. The van der Waals surface area contributed by atoms with Crippen molar-refractivity contribution in [3.8, 4) is 17.2 Å². The first-order valence-corrected chi connectivity index (χ1v) is 12.7. The maximum atomic E-state index is 11.5. The lowest BCUT2D eigenvalue weighted by atomic mass is 10.2. The van der Waals surface area contributed by atoms with Crippen molar-refractivity contribution in [1.29, 1.82) is 0 Å². The smallest absolute Gasteiger partial charge is 0.323 e. The summed E-state index contributed by atoms with van der Waals surface area (Å²) in [5.41, 5.74) is 3.72. The maximum Gasteiger partial charge on any atom is 0.323 e. The van der Waals surface area contributed by atoms with Gasteiger partial charge < -0.3 is 23.9 Å². The molecule has 0 aliphatic heterocycles. The Kier molecular flexibility index (Phi) is 9.56. The van der Waals surface area contributed by atoms with E-state index in [0.717, 1.165) is 28.1 Å². The second-order valence-electron chi connectivity index (χ2n) is 8.90. The van der Waals surface area contributed by atoms with Gasteiger partial charge in [0.25, 0.3) is 0 Å². The van der Waals surface area contributed by atoms with Gasteiger partial charge in [-0.05, 0) is 55.0 Å². The van der Waals surface area contributed by atoms with Gasteiger partial charge in [0.2, 0.25) is 5.89 Å². The van der Waals surface area contributed by atoms with Crippen LogP contribution in [0.2, 0.25) is 0 Å². The van der Waals surface area contributed by atoms with Gasteiger partial charge in [0.1, 0.15) is 24.7 Å². The molecule has 4 rings (SSSR count). The van der Waals surface area contributed by atoms with Gasteiger partial charge in [0.05, 0.1) is 12.3 Å². The number of aromatic nitrogens is 1. The van der Waals surface area contributed by atoms with Gasteiger partial charge in [0.15, 0.2) is 5.88 Å². The van der Waals surface area contributed by atoms with Gasteiger partial charge >= 0.3 is 5.97 Å². The number of aliphatic carboxylic acids is 1. The monoisotopic (exact) mass is 524 g/mol. The number of rotatable bonds is 14. The Morgan fingerprint density at radius 3 is 2.54 bits per heavy atom. The summed E-state index contributed by atoms with van der Waals surface area (Å²) in [6, 6.07) is 27.2. The molecule has 1 heterocycles. The number of ether oxygens (including phenoxy) is 2. The number of hydrogen-bond acceptors (Lipinski definition) is 6. The number of carbonyl (C=O) groups is 1. The number of carboxylic acids is 1. The summed E-state index contributed by atoms with van der Waals surface area (Å²) in [6.45, 7) is 6.63. The van der Waals surface area contributed by atoms with Crippen LogP contribution in [-0.4, -0.2) is 40.7 Å². The van der Waals surface area contributed by atoms with Gasteiger partial charge in [-0.2, -0.15) is 0 Å². The molecule has 7 heteroatoms. The third-order valence-corrected chi connectivity index (χ3v) is 5.93. The molecule has 0 saturated heterocycles. The third-order valence-electron chi connectivity index (χ3n) is 5.93. The maximum absolute atomic E-state index is 11.5. The van der Waals surface area contributed by atoms with Crippen LogP contribution in [0.15, 0.2) is 108 Å². The summed E-state index contributed by atoms with van der Waals surface area (Å²) in [5, 5.41) is 9.42. The Morgan fingerprint density at radius 1 is 1.05 bits per heavy atom. The second kappa shape index (κ2) is 13.7. The molecule has 39 heavy (non-hydrogen) atoms. The first kappa shape index (κ1) is 27.3. The lowest BCUT2D eigenvalue weighted by Gasteiger charge is -2.24. The second-order valence-corrected chi connectivity index (χ2v) is 8.90. The Balaban J connectivity index is 1.31. The lowest BCUT2D eigenvalue weighted by Crippen LogP contribution is -2.29. The summed E-state index contributed by atoms with van der Waals surface area (Å²) in [6.07, 6.45) is 4.41. The van der Waals surface area contributed by atoms with Crippen LogP contribution in [0.25, 0.3) is 17.5 Å². The molecular weight excluding hydrogens is 492 g/mol. The highest BCUT2D eigenvalue weighted by molar-refractivity contribution is 5.69. The summed E-state index contributed by atoms with van der Waals surface area (Å²) in [4.78, 5) is 17.7. The number of benzene rings is 3. The first-order chi connectivity index (χ1) is 19.0. The zero-order chi connectivity index (χ0) is 27.5. The Morgan fingerprint density at radius 2 is 1.79 bits per heavy atom. The fourth-order valence-corrected chi connectivity index (χ4v) is 3.96. The van der Waals surface area contributed by atoms with Crippen LogP contribution in [0.1, 0.15) is 22.6 Å². The number of hydrogen-bond donors (Lipinski definition) is 1. The Labute approximate surface area is 228 Å². The zero-order valence-electron chi connectivity index (χ0n) is 22.0. The van der Waals surface area contributed by atoms with Crippen molar-refractivity contribution in [3.05, 3.63) is 126 Å². The van der Waals surface area contributed by atoms with E-state index in [4.69, 9.17) is 13.9 Å². The first-order valence-electron chi connectivity index (χ1n) is 12.7. The molecule has 1 aromatic heterocycles. The van der Waals surface area contributed by atoms with Crippen LogP contribution in [0.3, 0.4) is 0 Å². The zero-order valence-corrected chi connectivity index (χ0v) is 22.0. The van der Waals surface area contributed by atoms with Crippen molar-refractivity contribution in [2.24, 2.45) is 0 Å². The molecular formula is C32H32N2O5. The van der Waals surface area contributed by atoms with E-state index in [0.29, 0.717) is 31.2 Å². The van der Waals surface area contributed by atoms with Crippen LogP contribution < -0.4 is 4.74 Å². The molecule has 0 aliphatic rings. The normalized spacial score (nSPS) is 10.9. The van der Waals surface area contributed by atoms with Gasteiger partial charge in [-0.15, -0.1) is 0 Å². The van der Waals surface area contributed by atoms with Crippen molar-refractivity contribution >= 4 is 12.0 Å². The molecule has 0 fully saturated rings. The third kappa shape index (κ3) is 8.36. The minimum absolute atomic E-state index is 0.235. The number of carboxylic acid groups (broad SMARTS) is 1. The van der Waals surface area contributed by atoms with Gasteiger partial charge in [0, 0.05) is 18.5 Å². The number of oxazole rings is 1. The standard InChI is InChI=1S/C32H32N2O5/c1-24-30(33-32(39-24)28-15-7-4-8-16-28)18-20-38-29-17-9-13-27(21-29)22-34(23-31(35)36)25(2)37-19-10-14-26-11-5-3-6-12-26/h3-17,21H,2,18-20,22-23H2,1H3,(H,35,36)/b14-10-. The van der Waals surface area contributed by atoms with Crippen molar-refractivity contribution in [2.75, 3.05) is 19.8 Å². The van der Waals surface area contributed by atoms with E-state index in [1.54, 1.807) is 4.90 Å². The molecule has 0 bridgehead atoms. The van der Waals surface area contributed by atoms with Gasteiger partial charge in [-0.3, -0.25) is 4.79 Å². The SMILES string of the molecule is C=C(OC/C=C\c1ccccc1)N(CC(=O)O)Cc1cccc(OCCc2nc(-c3ccccc3)oc2C)c1. The summed E-state index contributed by atoms with van der Waals surface area (Å²) >= 11 is 0. The van der Waals surface area contributed by atoms with E-state index in [9.17, 15) is 9.90 Å². The van der Waals surface area contributed by atoms with Gasteiger partial charge in [-0.1, -0.05) is 66.7 Å². The van der Waals surface area contributed by atoms with Crippen molar-refractivity contribution in [1.82, 2.24) is 9.88 Å². The topological polar surface area (TPSA) is 85.0 Å². The predicted octanol–water partition coefficient (Wildman–Crippen LogP) is 6.36. The highest BCUT2D eigenvalue weighted by Crippen LogP contribution is 2.22. The summed E-state index contributed by atoms with van der Waals surface area (Å²) < 4.78 is 17.5. The fourth-order valence-electron chi connectivity index (χ4n) is 3.96. The number of aryl methyl sites for hydroxylation is 1. The minimum Gasteiger partial charge on any atom is -0.493 e. The predicted molar refractivity (Wildman–Crippen MR) is 151 cm³/mol. The van der Waals surface area contributed by atoms with Crippen molar-refractivity contribution in [2.45, 2.75) is 19.9 Å². The molecule has 0 atom stereocenters. The summed E-state index contributed by atoms with van der Waals surface area (Å²) in [7, 11) is 0. The highest BCUT2D eigenvalue weighted by Gasteiger charge is 2.15. The quantitative estimate of drug-likeness (QED) is 0.192. The van der Waals surface area contributed by atoms with E-state index in [1.165, 1.54) is 0 Å². The van der Waals surface area contributed by atoms with Crippen LogP contribution in [0, 0.1) is 6.92 Å². The molecule has 200 valence electrons. The van der Waals surface area contributed by atoms with Crippen LogP contribution >= 0.6 is 0 Å². The van der Waals surface area contributed by atoms with Crippen molar-refractivity contribution < 1.29 is 23.8 Å². The molecule has 0 radical (unpaired) electrons. The largest absolute Gasteiger partial charge is 0.493 e. The highest BCUT2D eigenvalue weighted by atomic mass is 16.5. The molecule has 0 saturated carbocycles. The van der Waals surface area contributed by atoms with E-state index in [2.05, 4.69) is 11.6 Å². The summed E-state index contributed by atoms with van der Waals surface area (Å²) in [5.74, 6) is 1.38. The minimum atomic E-state index is -0.968. The fraction of sp³-hybridized carbons (Fsp3) is 0.188. The molecule has 4 aromatic rings. The van der Waals surface area contributed by atoms with Crippen LogP contribution in [0.5, 0.6) is 5.75 Å². The molecule has 0 spiro atoms. The molecule has 1 N–H and O–H groups in total. The number of nitrogens with zero attached hydrogens (tertiary/aromatic N) is 2. The Bertz CT molecular complexity index is 1400. The molecule has 0 amide bonds. The van der Waals surface area contributed by atoms with E-state index in [-0.39, 0.29) is 19.0 Å². The lowest BCUT2D eigenvalue weighted by molar-refractivity contribution is -0.138. The van der Waals surface area contributed by atoms with E-state index < -0.39 is 5.97 Å². The average molecular weight is 525 g/mol. The van der Waals surface area contributed by atoms with Crippen LogP contribution in [0.4, 0.5) is 0 Å². The average Bonchev–Trinajstić information content (AvgIpc) is 3.32. The molecule has 3 aromatic carbocycles. The van der Waals surface area contributed by atoms with E-state index >= 15 is 0 Å². The molecule has 7 nitrogen and oxygen atoms in total. The van der Waals surface area contributed by atoms with Crippen LogP contribution in [-0.2, 0) is 22.5 Å². The van der Waals surface area contributed by atoms with E-state index in [1.807, 2.05) is 104 Å². The Hall–Kier alpha value is -4.78.